The summed E-state index contributed by atoms with van der Waals surface area (Å²) < 4.78 is 1.12. The van der Waals surface area contributed by atoms with E-state index in [0.717, 1.165) is 15.6 Å². The number of rotatable bonds is 1. The second kappa shape index (κ2) is 5.56. The van der Waals surface area contributed by atoms with Crippen LogP contribution in [0.5, 0.6) is 0 Å². The first-order valence-corrected chi connectivity index (χ1v) is 4.65. The Morgan fingerprint density at radius 1 is 1.67 bits per heavy atom. The van der Waals surface area contributed by atoms with Crippen molar-refractivity contribution in [3.63, 3.8) is 0 Å². The molecule has 12 heavy (non-hydrogen) atoms. The molecule has 0 spiro atoms. The normalized spacial score (nSPS) is 16.6. The Labute approximate surface area is 113 Å². The van der Waals surface area contributed by atoms with E-state index >= 15 is 0 Å². The zero-order valence-corrected chi connectivity index (χ0v) is 12.4. The summed E-state index contributed by atoms with van der Waals surface area (Å²) in [5.41, 5.74) is 2.42. The predicted octanol–water partition coefficient (Wildman–Crippen LogP) is 2.86. The Morgan fingerprint density at radius 2 is 2.25 bits per heavy atom. The van der Waals surface area contributed by atoms with Crippen molar-refractivity contribution in [2.24, 2.45) is 0 Å². The van der Waals surface area contributed by atoms with Crippen molar-refractivity contribution >= 4 is 22.6 Å². The van der Waals surface area contributed by atoms with Crippen molar-refractivity contribution in [1.82, 2.24) is 4.90 Å². The van der Waals surface area contributed by atoms with Crippen molar-refractivity contribution in [3.8, 4) is 0 Å². The molecule has 0 aromatic heterocycles. The largest absolute Gasteiger partial charge is 0.462 e. The Hall–Kier alpha value is 0.854. The van der Waals surface area contributed by atoms with Gasteiger partial charge in [0.2, 0.25) is 0 Å². The quantitative estimate of drug-likeness (QED) is 0.520. The maximum atomic E-state index is 3.98. The van der Waals surface area contributed by atoms with Crippen LogP contribution >= 0.6 is 22.6 Å². The average Bonchev–Trinajstić information content (AvgIpc) is 1.96. The molecular weight excluding hydrogens is 338 g/mol. The van der Waals surface area contributed by atoms with Crippen LogP contribution in [0.2, 0.25) is 0 Å². The summed E-state index contributed by atoms with van der Waals surface area (Å²) in [6, 6.07) is 0. The number of nitrogens with zero attached hydrogens (tertiary/aromatic N) is 1. The van der Waals surface area contributed by atoms with Crippen molar-refractivity contribution in [2.75, 3.05) is 7.05 Å². The Kier molecular flexibility index (Phi) is 5.95. The number of hydrogen-bond donors (Lipinski definition) is 0. The molecule has 0 saturated carbocycles. The molecule has 0 unspecified atom stereocenters. The molecule has 1 aliphatic heterocycles. The van der Waals surface area contributed by atoms with Gasteiger partial charge >= 0.3 is 0 Å². The fourth-order valence-electron chi connectivity index (χ4n) is 1.01. The van der Waals surface area contributed by atoms with Gasteiger partial charge in [-0.05, 0) is 7.05 Å². The number of allylic oxidation sites excluding steroid dienone is 3. The van der Waals surface area contributed by atoms with Gasteiger partial charge in [0.1, 0.15) is 0 Å². The van der Waals surface area contributed by atoms with Gasteiger partial charge in [-0.25, -0.2) is 0 Å². The van der Waals surface area contributed by atoms with E-state index in [2.05, 4.69) is 48.5 Å². The number of hydrogen-bond acceptors (Lipinski definition) is 1. The van der Waals surface area contributed by atoms with E-state index in [9.17, 15) is 0 Å². The monoisotopic (exact) mass is 349 g/mol. The first-order valence-electron chi connectivity index (χ1n) is 3.57. The van der Waals surface area contributed by atoms with Crippen LogP contribution < -0.4 is 0 Å². The predicted molar refractivity (Wildman–Crippen MR) is 56.1 cm³/mol. The maximum Gasteiger partial charge on any atom is 0 e. The van der Waals surface area contributed by atoms with E-state index in [1.54, 1.807) is 0 Å². The van der Waals surface area contributed by atoms with Crippen molar-refractivity contribution in [3.05, 3.63) is 33.7 Å². The van der Waals surface area contributed by atoms with Crippen LogP contribution in [0.1, 0.15) is 13.3 Å². The zero-order valence-electron chi connectivity index (χ0n) is 7.39. The first-order chi connectivity index (χ1) is 5.15. The SMILES string of the molecule is C=C1C(I)=[C-]N(C)C=C1CC.[Y]. The van der Waals surface area contributed by atoms with Gasteiger partial charge in [-0.2, -0.15) is 0 Å². The van der Waals surface area contributed by atoms with Crippen molar-refractivity contribution in [1.29, 1.82) is 0 Å². The third-order valence-corrected chi connectivity index (χ3v) is 2.55. The molecule has 0 fully saturated rings. The molecule has 0 bridgehead atoms. The van der Waals surface area contributed by atoms with Crippen LogP contribution in [0.25, 0.3) is 0 Å². The fraction of sp³-hybridized carbons (Fsp3) is 0.333. The molecule has 0 aromatic carbocycles. The van der Waals surface area contributed by atoms with Gasteiger partial charge < -0.3 is 4.90 Å². The van der Waals surface area contributed by atoms with Gasteiger partial charge in [-0.15, -0.1) is 23.9 Å². The van der Waals surface area contributed by atoms with Gasteiger partial charge in [0.15, 0.2) is 0 Å². The summed E-state index contributed by atoms with van der Waals surface area (Å²) in [5, 5.41) is 0. The minimum Gasteiger partial charge on any atom is -0.462 e. The minimum absolute atomic E-state index is 0. The second-order valence-corrected chi connectivity index (χ2v) is 3.60. The van der Waals surface area contributed by atoms with Crippen LogP contribution in [0, 0.1) is 6.20 Å². The van der Waals surface area contributed by atoms with E-state index in [1.807, 2.05) is 11.9 Å². The molecule has 63 valence electrons. The molecule has 0 saturated heterocycles. The molecule has 3 heteroatoms. The van der Waals surface area contributed by atoms with Crippen LogP contribution in [0.3, 0.4) is 0 Å². The van der Waals surface area contributed by atoms with E-state index in [-0.39, 0.29) is 32.7 Å². The van der Waals surface area contributed by atoms with E-state index in [1.165, 1.54) is 5.57 Å². The molecule has 1 aliphatic rings. The Morgan fingerprint density at radius 3 is 2.75 bits per heavy atom. The first kappa shape index (κ1) is 12.9. The molecule has 0 atom stereocenters. The average molecular weight is 349 g/mol. The van der Waals surface area contributed by atoms with Crippen LogP contribution in [-0.2, 0) is 32.7 Å². The van der Waals surface area contributed by atoms with Crippen LogP contribution in [-0.4, -0.2) is 11.9 Å². The Bertz CT molecular complexity index is 243. The molecule has 0 amide bonds. The van der Waals surface area contributed by atoms with E-state index in [0.29, 0.717) is 0 Å². The van der Waals surface area contributed by atoms with Crippen molar-refractivity contribution < 1.29 is 32.7 Å². The van der Waals surface area contributed by atoms with Crippen LogP contribution in [0.15, 0.2) is 27.5 Å². The van der Waals surface area contributed by atoms with Gasteiger partial charge in [0, 0.05) is 32.7 Å². The molecule has 0 aromatic rings. The number of halogens is 1. The van der Waals surface area contributed by atoms with E-state index < -0.39 is 0 Å². The Balaban J connectivity index is 0.00000121. The molecular formula is C9H11INY-. The summed E-state index contributed by atoms with van der Waals surface area (Å²) in [6.45, 7) is 6.12. The molecule has 1 radical (unpaired) electrons. The van der Waals surface area contributed by atoms with Crippen molar-refractivity contribution in [2.45, 2.75) is 13.3 Å². The standard InChI is InChI=1S/C9H11IN.Y/c1-4-8-5-11(3)6-9(10)7(8)2;/h5H,2,4H2,1,3H3;/q-1;. The van der Waals surface area contributed by atoms with Crippen LogP contribution in [0.4, 0.5) is 0 Å². The van der Waals surface area contributed by atoms with E-state index in [4.69, 9.17) is 0 Å². The van der Waals surface area contributed by atoms with Gasteiger partial charge in [-0.1, -0.05) is 45.7 Å². The topological polar surface area (TPSA) is 3.24 Å². The third-order valence-electron chi connectivity index (χ3n) is 1.66. The maximum absolute atomic E-state index is 3.98. The third kappa shape index (κ3) is 2.96. The molecule has 1 nitrogen and oxygen atoms in total. The molecule has 0 aliphatic carbocycles. The van der Waals surface area contributed by atoms with Gasteiger partial charge in [-0.3, -0.25) is 0 Å². The molecule has 1 heterocycles. The summed E-state index contributed by atoms with van der Waals surface area (Å²) in [6.07, 6.45) is 6.27. The summed E-state index contributed by atoms with van der Waals surface area (Å²) in [5.74, 6) is 0. The summed E-state index contributed by atoms with van der Waals surface area (Å²) in [7, 11) is 1.99. The smallest absolute Gasteiger partial charge is 0 e. The molecule has 1 rings (SSSR count). The van der Waals surface area contributed by atoms with Gasteiger partial charge in [0.25, 0.3) is 0 Å². The summed E-state index contributed by atoms with van der Waals surface area (Å²) in [4.78, 5) is 1.95. The fourth-order valence-corrected chi connectivity index (χ4v) is 1.74. The zero-order chi connectivity index (χ0) is 8.43. The van der Waals surface area contributed by atoms with Gasteiger partial charge in [0.05, 0.1) is 0 Å². The minimum atomic E-state index is 0. The molecule has 0 N–H and O–H groups in total. The second-order valence-electron chi connectivity index (χ2n) is 2.52. The summed E-state index contributed by atoms with van der Waals surface area (Å²) >= 11 is 2.26.